The van der Waals surface area contributed by atoms with E-state index in [1.807, 2.05) is 30.3 Å². The molecule has 5 rings (SSSR count). The van der Waals surface area contributed by atoms with Crippen molar-refractivity contribution in [1.82, 2.24) is 15.0 Å². The number of nitrogens with one attached hydrogen (secondary N) is 2. The molecule has 2 N–H and O–H groups in total. The third-order valence-corrected chi connectivity index (χ3v) is 7.04. The zero-order valence-electron chi connectivity index (χ0n) is 16.6. The summed E-state index contributed by atoms with van der Waals surface area (Å²) in [6.45, 7) is 0. The van der Waals surface area contributed by atoms with Crippen LogP contribution in [0.15, 0.2) is 95.6 Å². The molecule has 0 aliphatic heterocycles. The van der Waals surface area contributed by atoms with Gasteiger partial charge in [0.2, 0.25) is 0 Å². The predicted octanol–water partition coefficient (Wildman–Crippen LogP) is 5.30. The second kappa shape index (κ2) is 8.37. The second-order valence-electron chi connectivity index (χ2n) is 6.89. The maximum absolute atomic E-state index is 12.6. The Morgan fingerprint density at radius 3 is 2.34 bits per heavy atom. The third kappa shape index (κ3) is 4.03. The molecule has 0 saturated carbocycles. The van der Waals surface area contributed by atoms with E-state index in [2.05, 4.69) is 30.4 Å². The minimum absolute atomic E-state index is 0.141. The van der Waals surface area contributed by atoms with E-state index in [4.69, 9.17) is 0 Å². The number of aromatic nitrogens is 3. The van der Waals surface area contributed by atoms with Crippen molar-refractivity contribution in [1.29, 1.82) is 0 Å². The minimum atomic E-state index is -3.74. The van der Waals surface area contributed by atoms with Gasteiger partial charge in [-0.3, -0.25) is 4.72 Å². The van der Waals surface area contributed by atoms with Crippen molar-refractivity contribution in [3.05, 3.63) is 90.7 Å². The van der Waals surface area contributed by atoms with Gasteiger partial charge in [0.25, 0.3) is 10.0 Å². The Hall–Kier alpha value is -3.82. The van der Waals surface area contributed by atoms with Crippen LogP contribution in [0.5, 0.6) is 0 Å². The fourth-order valence-electron chi connectivity index (χ4n) is 3.27. The first kappa shape index (κ1) is 20.1. The lowest BCUT2D eigenvalue weighted by Gasteiger charge is -2.10. The molecular weight excluding hydrogens is 442 g/mol. The first-order valence-electron chi connectivity index (χ1n) is 9.69. The van der Waals surface area contributed by atoms with Crippen LogP contribution in [0, 0.1) is 0 Å². The zero-order chi connectivity index (χ0) is 22.0. The van der Waals surface area contributed by atoms with Crippen molar-refractivity contribution in [3.63, 3.8) is 0 Å². The van der Waals surface area contributed by atoms with Gasteiger partial charge < -0.3 is 5.32 Å². The molecule has 9 heteroatoms. The van der Waals surface area contributed by atoms with E-state index in [0.29, 0.717) is 11.5 Å². The zero-order valence-corrected chi connectivity index (χ0v) is 18.3. The summed E-state index contributed by atoms with van der Waals surface area (Å²) in [5, 5.41) is 6.30. The van der Waals surface area contributed by atoms with E-state index in [1.165, 1.54) is 24.7 Å². The predicted molar refractivity (Wildman–Crippen MR) is 128 cm³/mol. The first-order valence-corrected chi connectivity index (χ1v) is 12.0. The van der Waals surface area contributed by atoms with Crippen LogP contribution >= 0.6 is 11.3 Å². The van der Waals surface area contributed by atoms with Crippen molar-refractivity contribution in [3.8, 4) is 11.1 Å². The van der Waals surface area contributed by atoms with Crippen LogP contribution in [0.2, 0.25) is 0 Å². The number of sulfonamides is 1. The maximum atomic E-state index is 12.6. The second-order valence-corrected chi connectivity index (χ2v) is 9.43. The van der Waals surface area contributed by atoms with E-state index >= 15 is 0 Å². The number of fused-ring (bicyclic) bond motifs is 1. The normalized spacial score (nSPS) is 11.4. The van der Waals surface area contributed by atoms with Crippen LogP contribution in [0.1, 0.15) is 0 Å². The van der Waals surface area contributed by atoms with E-state index < -0.39 is 10.0 Å². The van der Waals surface area contributed by atoms with Crippen LogP contribution in [0.3, 0.4) is 0 Å². The number of pyridine rings is 1. The molecule has 158 valence electrons. The highest BCUT2D eigenvalue weighted by Crippen LogP contribution is 2.37. The summed E-state index contributed by atoms with van der Waals surface area (Å²) in [6, 6.07) is 21.6. The lowest BCUT2D eigenvalue weighted by molar-refractivity contribution is 0.601. The van der Waals surface area contributed by atoms with Gasteiger partial charge in [0.05, 0.1) is 10.3 Å². The van der Waals surface area contributed by atoms with Crippen LogP contribution < -0.4 is 10.0 Å². The Bertz CT molecular complexity index is 1470. The van der Waals surface area contributed by atoms with E-state index in [9.17, 15) is 8.42 Å². The number of anilines is 3. The Morgan fingerprint density at radius 1 is 0.812 bits per heavy atom. The molecule has 0 unspecified atom stereocenters. The van der Waals surface area contributed by atoms with Crippen molar-refractivity contribution >= 4 is 48.9 Å². The van der Waals surface area contributed by atoms with Crippen molar-refractivity contribution in [2.24, 2.45) is 0 Å². The lowest BCUT2D eigenvalue weighted by Crippen LogP contribution is -2.13. The highest BCUT2D eigenvalue weighted by molar-refractivity contribution is 7.92. The lowest BCUT2D eigenvalue weighted by atomic mass is 10.1. The molecule has 0 bridgehead atoms. The first-order chi connectivity index (χ1) is 15.6. The van der Waals surface area contributed by atoms with Crippen LogP contribution in [0.25, 0.3) is 21.3 Å². The Morgan fingerprint density at radius 2 is 1.59 bits per heavy atom. The number of thiophene rings is 1. The Balaban J connectivity index is 1.43. The van der Waals surface area contributed by atoms with Gasteiger partial charge in [-0.15, -0.1) is 11.3 Å². The standard InChI is InChI=1S/C23H17N5O2S2/c29-32(30,28-20-8-4-5-13-24-20)18-11-9-17(10-12-18)27-22-21-19(16-6-2-1-3-7-16)14-31-23(21)26-15-25-22/h1-15H,(H,24,28)(H,25,26,27). The number of hydrogen-bond acceptors (Lipinski definition) is 7. The van der Waals surface area contributed by atoms with Crippen LogP contribution in [0.4, 0.5) is 17.3 Å². The Kier molecular flexibility index (Phi) is 5.26. The molecule has 3 aromatic heterocycles. The number of rotatable bonds is 6. The van der Waals surface area contributed by atoms with Gasteiger partial charge in [-0.2, -0.15) is 0 Å². The molecular formula is C23H17N5O2S2. The number of hydrogen-bond donors (Lipinski definition) is 2. The van der Waals surface area contributed by atoms with Gasteiger partial charge in [-0.1, -0.05) is 36.4 Å². The number of benzene rings is 2. The van der Waals surface area contributed by atoms with Crippen LogP contribution in [-0.4, -0.2) is 23.4 Å². The van der Waals surface area contributed by atoms with E-state index in [1.54, 1.807) is 41.7 Å². The molecule has 0 aliphatic carbocycles. The molecule has 32 heavy (non-hydrogen) atoms. The summed E-state index contributed by atoms with van der Waals surface area (Å²) >= 11 is 1.56. The molecule has 0 amide bonds. The maximum Gasteiger partial charge on any atom is 0.263 e. The van der Waals surface area contributed by atoms with Gasteiger partial charge >= 0.3 is 0 Å². The smallest absolute Gasteiger partial charge is 0.263 e. The molecule has 0 saturated heterocycles. The van der Waals surface area contributed by atoms with Crippen molar-refractivity contribution < 1.29 is 8.42 Å². The summed E-state index contributed by atoms with van der Waals surface area (Å²) in [5.74, 6) is 0.932. The average molecular weight is 460 g/mol. The summed E-state index contributed by atoms with van der Waals surface area (Å²) in [5.41, 5.74) is 2.85. The average Bonchev–Trinajstić information content (AvgIpc) is 3.26. The summed E-state index contributed by atoms with van der Waals surface area (Å²) in [6.07, 6.45) is 3.05. The number of nitrogens with zero attached hydrogens (tertiary/aromatic N) is 3. The minimum Gasteiger partial charge on any atom is -0.340 e. The van der Waals surface area contributed by atoms with Gasteiger partial charge in [-0.25, -0.2) is 23.4 Å². The molecule has 7 nitrogen and oxygen atoms in total. The van der Waals surface area contributed by atoms with E-state index in [0.717, 1.165) is 21.3 Å². The highest BCUT2D eigenvalue weighted by atomic mass is 32.2. The molecule has 5 aromatic rings. The molecule has 0 aliphatic rings. The SMILES string of the molecule is O=S(=O)(Nc1ccccn1)c1ccc(Nc2ncnc3scc(-c4ccccc4)c23)cc1. The molecule has 3 heterocycles. The topological polar surface area (TPSA) is 96.9 Å². The fraction of sp³-hybridized carbons (Fsp3) is 0. The van der Waals surface area contributed by atoms with Crippen molar-refractivity contribution in [2.75, 3.05) is 10.0 Å². The Labute approximate surface area is 188 Å². The van der Waals surface area contributed by atoms with Gasteiger partial charge in [-0.05, 0) is 42.0 Å². The largest absolute Gasteiger partial charge is 0.340 e. The van der Waals surface area contributed by atoms with Crippen molar-refractivity contribution in [2.45, 2.75) is 4.90 Å². The molecule has 0 spiro atoms. The van der Waals surface area contributed by atoms with Gasteiger partial charge in [0.15, 0.2) is 0 Å². The van der Waals surface area contributed by atoms with Crippen LogP contribution in [-0.2, 0) is 10.0 Å². The quantitative estimate of drug-likeness (QED) is 0.358. The van der Waals surface area contributed by atoms with E-state index in [-0.39, 0.29) is 10.7 Å². The molecule has 0 atom stereocenters. The molecule has 0 fully saturated rings. The summed E-state index contributed by atoms with van der Waals surface area (Å²) in [7, 11) is -3.74. The summed E-state index contributed by atoms with van der Waals surface area (Å²) < 4.78 is 27.7. The third-order valence-electron chi connectivity index (χ3n) is 4.79. The van der Waals surface area contributed by atoms with Gasteiger partial charge in [0, 0.05) is 22.8 Å². The molecule has 2 aromatic carbocycles. The fourth-order valence-corrected chi connectivity index (χ4v) is 5.20. The summed E-state index contributed by atoms with van der Waals surface area (Å²) in [4.78, 5) is 13.8. The molecule has 0 radical (unpaired) electrons. The highest BCUT2D eigenvalue weighted by Gasteiger charge is 2.16. The monoisotopic (exact) mass is 459 g/mol. The van der Waals surface area contributed by atoms with Gasteiger partial charge in [0.1, 0.15) is 22.8 Å².